The molecule has 0 unspecified atom stereocenters. The Morgan fingerprint density at radius 1 is 0.482 bits per heavy atom. The van der Waals surface area contributed by atoms with E-state index in [-0.39, 0.29) is 24.0 Å². The van der Waals surface area contributed by atoms with Gasteiger partial charge in [0.15, 0.2) is 0 Å². The molecule has 0 amide bonds. The molecule has 0 heterocycles. The summed E-state index contributed by atoms with van der Waals surface area (Å²) in [7, 11) is 0. The highest BCUT2D eigenvalue weighted by Crippen LogP contribution is 2.25. The van der Waals surface area contributed by atoms with E-state index in [1.165, 1.54) is 148 Å². The van der Waals surface area contributed by atoms with Gasteiger partial charge in [0.2, 0.25) is 0 Å². The quantitative estimate of drug-likeness (QED) is 0.0489. The van der Waals surface area contributed by atoms with Gasteiger partial charge in [0.1, 0.15) is 0 Å². The maximum Gasteiger partial charge on any atom is 0.305 e. The van der Waals surface area contributed by atoms with E-state index in [1.54, 1.807) is 0 Å². The molecule has 0 saturated heterocycles. The molecule has 0 fully saturated rings. The topological polar surface area (TPSA) is 76.1 Å². The van der Waals surface area contributed by atoms with Gasteiger partial charge >= 0.3 is 11.9 Å². The molecule has 0 radical (unpaired) electrons. The van der Waals surface area contributed by atoms with E-state index in [0.717, 1.165) is 83.8 Å². The molecule has 6 nitrogen and oxygen atoms in total. The largest absolute Gasteiger partial charge is 0.465 e. The summed E-state index contributed by atoms with van der Waals surface area (Å²) < 4.78 is 11.5. The minimum atomic E-state index is -0.0321. The van der Waals surface area contributed by atoms with Crippen molar-refractivity contribution >= 4 is 11.9 Å². The van der Waals surface area contributed by atoms with Crippen molar-refractivity contribution in [2.75, 3.05) is 39.5 Å². The molecule has 0 aliphatic carbocycles. The molecular weight excluding hydrogens is 695 g/mol. The Balaban J connectivity index is 4.22. The third kappa shape index (κ3) is 39.7. The number of carbonyl (C=O) groups is 2. The van der Waals surface area contributed by atoms with Crippen molar-refractivity contribution in [1.29, 1.82) is 0 Å². The second-order valence-electron chi connectivity index (χ2n) is 18.3. The molecule has 334 valence electrons. The predicted octanol–water partition coefficient (Wildman–Crippen LogP) is 14.7. The minimum absolute atomic E-state index is 0.00107. The van der Waals surface area contributed by atoms with Gasteiger partial charge in [-0.25, -0.2) is 0 Å². The van der Waals surface area contributed by atoms with Crippen LogP contribution in [0.4, 0.5) is 0 Å². The van der Waals surface area contributed by atoms with Crippen LogP contribution in [0.3, 0.4) is 0 Å². The molecule has 0 spiro atoms. The van der Waals surface area contributed by atoms with Crippen molar-refractivity contribution in [3.8, 4) is 0 Å². The van der Waals surface area contributed by atoms with Crippen LogP contribution >= 0.6 is 0 Å². The third-order valence-corrected chi connectivity index (χ3v) is 11.8. The van der Waals surface area contributed by atoms with E-state index in [2.05, 4.69) is 39.5 Å². The second-order valence-corrected chi connectivity index (χ2v) is 18.3. The molecule has 0 aromatic carbocycles. The van der Waals surface area contributed by atoms with Crippen molar-refractivity contribution in [2.24, 2.45) is 11.3 Å². The number of aliphatic hydroxyl groups is 1. The van der Waals surface area contributed by atoms with Crippen LogP contribution in [0.2, 0.25) is 0 Å². The van der Waals surface area contributed by atoms with Crippen LogP contribution in [0.25, 0.3) is 0 Å². The van der Waals surface area contributed by atoms with E-state index in [1.807, 2.05) is 0 Å². The van der Waals surface area contributed by atoms with E-state index >= 15 is 0 Å². The number of aliphatic hydroxyl groups excluding tert-OH is 1. The summed E-state index contributed by atoms with van der Waals surface area (Å²) in [5.41, 5.74) is 0.0140. The van der Waals surface area contributed by atoms with Crippen LogP contribution in [0.5, 0.6) is 0 Å². The van der Waals surface area contributed by atoms with E-state index in [4.69, 9.17) is 9.47 Å². The zero-order chi connectivity index (χ0) is 41.2. The lowest BCUT2D eigenvalue weighted by molar-refractivity contribution is -0.147. The number of hydrogen-bond acceptors (Lipinski definition) is 6. The standard InChI is InChI=1S/C50H99NO5/c1-6-9-12-15-18-21-24-30-39-49(54)56-46-50(4,5)40-32-27-34-42-51(43-35-44-52)41-33-26-25-31-38-48(53)55-45-47(36-28-22-19-16-13-10-7-2)37-29-23-20-17-14-11-8-3/h47,52H,6-46H2,1-5H3. The van der Waals surface area contributed by atoms with Crippen molar-refractivity contribution in [2.45, 2.75) is 259 Å². The molecule has 0 aromatic rings. The summed E-state index contributed by atoms with van der Waals surface area (Å²) in [6.07, 6.45) is 41.7. The first-order valence-electron chi connectivity index (χ1n) is 24.9. The zero-order valence-electron chi connectivity index (χ0n) is 38.6. The molecule has 0 rings (SSSR count). The van der Waals surface area contributed by atoms with Gasteiger partial charge in [-0.3, -0.25) is 9.59 Å². The van der Waals surface area contributed by atoms with Gasteiger partial charge in [-0.2, -0.15) is 0 Å². The predicted molar refractivity (Wildman–Crippen MR) is 241 cm³/mol. The van der Waals surface area contributed by atoms with Crippen LogP contribution in [-0.2, 0) is 19.1 Å². The molecule has 6 heteroatoms. The highest BCUT2D eigenvalue weighted by molar-refractivity contribution is 5.69. The number of ether oxygens (including phenoxy) is 2. The van der Waals surface area contributed by atoms with Crippen LogP contribution in [0.1, 0.15) is 259 Å². The fourth-order valence-electron chi connectivity index (χ4n) is 7.90. The van der Waals surface area contributed by atoms with Crippen molar-refractivity contribution in [3.63, 3.8) is 0 Å². The third-order valence-electron chi connectivity index (χ3n) is 11.8. The molecule has 0 aromatic heterocycles. The molecule has 0 bridgehead atoms. The fraction of sp³-hybridized carbons (Fsp3) is 0.960. The molecule has 0 aliphatic heterocycles. The summed E-state index contributed by atoms with van der Waals surface area (Å²) in [5.74, 6) is 0.495. The van der Waals surface area contributed by atoms with Gasteiger partial charge < -0.3 is 19.5 Å². The smallest absolute Gasteiger partial charge is 0.305 e. The second kappa shape index (κ2) is 42.0. The lowest BCUT2D eigenvalue weighted by Crippen LogP contribution is -2.28. The number of rotatable bonds is 45. The SMILES string of the molecule is CCCCCCCCCCC(=O)OCC(C)(C)CCCCCN(CCCO)CCCCCCC(=O)OCC(CCCCCCCCC)CCCCCCCCC. The Morgan fingerprint density at radius 2 is 0.857 bits per heavy atom. The minimum Gasteiger partial charge on any atom is -0.465 e. The average Bonchev–Trinajstić information content (AvgIpc) is 3.18. The Kier molecular flexibility index (Phi) is 41.1. The van der Waals surface area contributed by atoms with Gasteiger partial charge in [-0.05, 0) is 75.8 Å². The number of carbonyl (C=O) groups excluding carboxylic acids is 2. The van der Waals surface area contributed by atoms with Crippen molar-refractivity contribution in [3.05, 3.63) is 0 Å². The first-order valence-corrected chi connectivity index (χ1v) is 24.9. The van der Waals surface area contributed by atoms with Gasteiger partial charge in [0.25, 0.3) is 0 Å². The maximum atomic E-state index is 12.7. The summed E-state index contributed by atoms with van der Waals surface area (Å²) in [6.45, 7) is 15.7. The van der Waals surface area contributed by atoms with Crippen LogP contribution < -0.4 is 0 Å². The monoisotopic (exact) mass is 794 g/mol. The first-order chi connectivity index (χ1) is 27.3. The van der Waals surface area contributed by atoms with Gasteiger partial charge in [-0.15, -0.1) is 0 Å². The molecule has 1 N–H and O–H groups in total. The summed E-state index contributed by atoms with van der Waals surface area (Å²) >= 11 is 0. The molecular formula is C50H99NO5. The highest BCUT2D eigenvalue weighted by Gasteiger charge is 2.20. The average molecular weight is 794 g/mol. The first kappa shape index (κ1) is 54.9. The number of hydrogen-bond donors (Lipinski definition) is 1. The summed E-state index contributed by atoms with van der Waals surface area (Å²) in [6, 6.07) is 0. The molecule has 0 saturated carbocycles. The Bertz CT molecular complexity index is 814. The van der Waals surface area contributed by atoms with E-state index < -0.39 is 0 Å². The number of esters is 2. The summed E-state index contributed by atoms with van der Waals surface area (Å²) in [5, 5.41) is 9.46. The maximum absolute atomic E-state index is 12.7. The fourth-order valence-corrected chi connectivity index (χ4v) is 7.90. The van der Waals surface area contributed by atoms with Crippen molar-refractivity contribution < 1.29 is 24.2 Å². The van der Waals surface area contributed by atoms with E-state index in [9.17, 15) is 14.7 Å². The van der Waals surface area contributed by atoms with Crippen molar-refractivity contribution in [1.82, 2.24) is 4.90 Å². The number of unbranched alkanes of at least 4 members (excludes halogenated alkanes) is 24. The molecule has 56 heavy (non-hydrogen) atoms. The van der Waals surface area contributed by atoms with Gasteiger partial charge in [0, 0.05) is 26.0 Å². The van der Waals surface area contributed by atoms with Crippen LogP contribution in [0, 0.1) is 11.3 Å². The Labute approximate surface area is 350 Å². The van der Waals surface area contributed by atoms with E-state index in [0.29, 0.717) is 32.0 Å². The number of nitrogens with zero attached hydrogens (tertiary/aromatic N) is 1. The molecule has 0 aliphatic rings. The Morgan fingerprint density at radius 3 is 1.32 bits per heavy atom. The van der Waals surface area contributed by atoms with Gasteiger partial charge in [0.05, 0.1) is 13.2 Å². The normalized spacial score (nSPS) is 11.9. The molecule has 0 atom stereocenters. The lowest BCUT2D eigenvalue weighted by atomic mass is 9.88. The lowest BCUT2D eigenvalue weighted by Gasteiger charge is -2.25. The summed E-state index contributed by atoms with van der Waals surface area (Å²) in [4.78, 5) is 27.5. The highest BCUT2D eigenvalue weighted by atomic mass is 16.5. The van der Waals surface area contributed by atoms with Crippen LogP contribution in [0.15, 0.2) is 0 Å². The van der Waals surface area contributed by atoms with Gasteiger partial charge in [-0.1, -0.05) is 195 Å². The Hall–Kier alpha value is -1.14. The van der Waals surface area contributed by atoms with Crippen LogP contribution in [-0.4, -0.2) is 61.4 Å². The zero-order valence-corrected chi connectivity index (χ0v) is 38.6.